The minimum Gasteiger partial charge on any atom is -0.481 e. The Morgan fingerprint density at radius 2 is 1.94 bits per heavy atom. The quantitative estimate of drug-likeness (QED) is 0.437. The molecule has 2 heterocycles. The third kappa shape index (κ3) is 10.00. The zero-order valence-corrected chi connectivity index (χ0v) is 21.5. The minimum absolute atomic E-state index is 0. The predicted molar refractivity (Wildman–Crippen MR) is 135 cm³/mol. The molecule has 11 heteroatoms. The Labute approximate surface area is 206 Å². The van der Waals surface area contributed by atoms with Crippen LogP contribution in [0.5, 0.6) is 5.88 Å². The van der Waals surface area contributed by atoms with Crippen molar-refractivity contribution in [3.05, 3.63) is 30.5 Å². The Hall–Kier alpha value is -2.15. The van der Waals surface area contributed by atoms with Gasteiger partial charge >= 0.3 is 6.09 Å². The largest absolute Gasteiger partial charge is 0.481 e. The van der Waals surface area contributed by atoms with Crippen molar-refractivity contribution in [2.45, 2.75) is 31.3 Å². The molecule has 2 aromatic rings. The number of carbonyl (C=O) groups excluding carboxylic acids is 1. The number of hydrogen-bond acceptors (Lipinski definition) is 9. The van der Waals surface area contributed by atoms with Gasteiger partial charge in [-0.05, 0) is 39.0 Å². The van der Waals surface area contributed by atoms with Crippen molar-refractivity contribution >= 4 is 28.9 Å². The maximum absolute atomic E-state index is 11.7. The molecule has 0 aliphatic carbocycles. The van der Waals surface area contributed by atoms with Crippen LogP contribution in [-0.4, -0.2) is 96.7 Å². The number of aromatic nitrogens is 1. The standard InChI is InChI=1S/C13H27N3O3.C10H9NO2S.H2O/c1-13(2,3)19-12(17)15(4)9-10-18-11-16-7-5-14-6-8-16;1-13-10-8-3-2-4-9(14-12)7(8)5-6-11-10;/h14H,5-11H2,1-4H3;2-6,12H,1H3;1H2. The van der Waals surface area contributed by atoms with Crippen LogP contribution >= 0.6 is 12.0 Å². The van der Waals surface area contributed by atoms with E-state index in [-0.39, 0.29) is 11.6 Å². The van der Waals surface area contributed by atoms with Crippen LogP contribution in [0.15, 0.2) is 35.4 Å². The Kier molecular flexibility index (Phi) is 13.2. The zero-order chi connectivity index (χ0) is 24.3. The Bertz CT molecular complexity index is 831. The Morgan fingerprint density at radius 3 is 2.56 bits per heavy atom. The molecule has 0 bridgehead atoms. The zero-order valence-electron chi connectivity index (χ0n) is 20.7. The lowest BCUT2D eigenvalue weighted by Gasteiger charge is -2.27. The lowest BCUT2D eigenvalue weighted by Crippen LogP contribution is -2.44. The molecular formula is C23H38N4O6S. The molecule has 0 saturated carbocycles. The third-order valence-electron chi connectivity index (χ3n) is 4.78. The number of piperazine rings is 1. The lowest BCUT2D eigenvalue weighted by atomic mass is 10.2. The van der Waals surface area contributed by atoms with Gasteiger partial charge in [-0.1, -0.05) is 6.07 Å². The number of hydrogen-bond donors (Lipinski definition) is 2. The summed E-state index contributed by atoms with van der Waals surface area (Å²) in [6.07, 6.45) is 1.36. The van der Waals surface area contributed by atoms with E-state index in [2.05, 4.69) is 15.2 Å². The third-order valence-corrected chi connectivity index (χ3v) is 5.33. The molecule has 0 radical (unpaired) electrons. The number of fused-ring (bicyclic) bond motifs is 1. The van der Waals surface area contributed by atoms with Gasteiger partial charge < -0.3 is 34.5 Å². The average Bonchev–Trinajstić information content (AvgIpc) is 2.80. The Balaban J connectivity index is 0.000000343. The van der Waals surface area contributed by atoms with Gasteiger partial charge in [0.15, 0.2) is 0 Å². The first-order valence-corrected chi connectivity index (χ1v) is 11.7. The van der Waals surface area contributed by atoms with Gasteiger partial charge in [0.05, 0.1) is 20.4 Å². The van der Waals surface area contributed by atoms with Gasteiger partial charge in [-0.25, -0.2) is 9.78 Å². The molecule has 1 amide bonds. The molecule has 1 aliphatic rings. The fraction of sp³-hybridized carbons (Fsp3) is 0.565. The van der Waals surface area contributed by atoms with Gasteiger partial charge in [0.2, 0.25) is 5.88 Å². The monoisotopic (exact) mass is 498 g/mol. The van der Waals surface area contributed by atoms with E-state index in [4.69, 9.17) is 18.8 Å². The number of ether oxygens (including phenoxy) is 3. The van der Waals surface area contributed by atoms with Crippen LogP contribution in [-0.2, 0) is 9.47 Å². The molecule has 0 atom stereocenters. The number of carbonyl (C=O) groups is 1. The van der Waals surface area contributed by atoms with Gasteiger partial charge in [0, 0.05) is 73.7 Å². The lowest BCUT2D eigenvalue weighted by molar-refractivity contribution is 0.00238. The number of benzene rings is 1. The second kappa shape index (κ2) is 15.0. The SMILES string of the molecule is CN(CCOCN1CCNCC1)C(=O)OC(C)(C)C.COc1nccc2c(SO)cccc12.O. The van der Waals surface area contributed by atoms with E-state index in [1.807, 2.05) is 45.0 Å². The molecule has 1 aromatic heterocycles. The highest BCUT2D eigenvalue weighted by atomic mass is 32.2. The van der Waals surface area contributed by atoms with Crippen molar-refractivity contribution in [2.75, 3.05) is 60.2 Å². The summed E-state index contributed by atoms with van der Waals surface area (Å²) in [5, 5.41) is 5.16. The number of nitrogens with one attached hydrogen (secondary N) is 1. The van der Waals surface area contributed by atoms with Crippen molar-refractivity contribution in [3.63, 3.8) is 0 Å². The highest BCUT2D eigenvalue weighted by molar-refractivity contribution is 7.94. The van der Waals surface area contributed by atoms with E-state index >= 15 is 0 Å². The molecular weight excluding hydrogens is 460 g/mol. The van der Waals surface area contributed by atoms with Gasteiger partial charge in [-0.2, -0.15) is 0 Å². The summed E-state index contributed by atoms with van der Waals surface area (Å²) < 4.78 is 25.0. The van der Waals surface area contributed by atoms with Crippen LogP contribution in [0.1, 0.15) is 20.8 Å². The predicted octanol–water partition coefficient (Wildman–Crippen LogP) is 2.72. The maximum Gasteiger partial charge on any atom is 0.410 e. The van der Waals surface area contributed by atoms with Crippen LogP contribution in [0.4, 0.5) is 4.79 Å². The normalized spacial score (nSPS) is 13.9. The molecule has 1 aromatic carbocycles. The molecule has 3 rings (SSSR count). The van der Waals surface area contributed by atoms with Crippen molar-refractivity contribution in [2.24, 2.45) is 0 Å². The summed E-state index contributed by atoms with van der Waals surface area (Å²) in [6, 6.07) is 7.49. The molecule has 1 fully saturated rings. The summed E-state index contributed by atoms with van der Waals surface area (Å²) in [6.45, 7) is 11.3. The number of nitrogens with zero attached hydrogens (tertiary/aromatic N) is 3. The van der Waals surface area contributed by atoms with E-state index in [0.29, 0.717) is 25.8 Å². The van der Waals surface area contributed by atoms with Crippen molar-refractivity contribution < 1.29 is 29.0 Å². The van der Waals surface area contributed by atoms with Gasteiger partial charge in [0.1, 0.15) is 5.60 Å². The van der Waals surface area contributed by atoms with Gasteiger partial charge in [0.25, 0.3) is 0 Å². The average molecular weight is 499 g/mol. The van der Waals surface area contributed by atoms with E-state index < -0.39 is 5.60 Å². The summed E-state index contributed by atoms with van der Waals surface area (Å²) in [5.74, 6) is 0.582. The summed E-state index contributed by atoms with van der Waals surface area (Å²) in [4.78, 5) is 20.4. The first kappa shape index (κ1) is 29.9. The fourth-order valence-electron chi connectivity index (χ4n) is 3.06. The molecule has 0 unspecified atom stereocenters. The van der Waals surface area contributed by atoms with E-state index in [1.165, 1.54) is 0 Å². The molecule has 10 nitrogen and oxygen atoms in total. The van der Waals surface area contributed by atoms with Gasteiger partial charge in [-0.15, -0.1) is 0 Å². The van der Waals surface area contributed by atoms with Crippen LogP contribution in [0.3, 0.4) is 0 Å². The maximum atomic E-state index is 11.7. The second-order valence-electron chi connectivity index (χ2n) is 8.57. The number of amides is 1. The molecule has 0 spiro atoms. The summed E-state index contributed by atoms with van der Waals surface area (Å²) >= 11 is 0.734. The molecule has 1 saturated heterocycles. The van der Waals surface area contributed by atoms with E-state index in [0.717, 1.165) is 53.9 Å². The summed E-state index contributed by atoms with van der Waals surface area (Å²) in [5.41, 5.74) is -0.451. The summed E-state index contributed by atoms with van der Waals surface area (Å²) in [7, 11) is 3.31. The van der Waals surface area contributed by atoms with Crippen molar-refractivity contribution in [3.8, 4) is 5.88 Å². The number of likely N-dealkylation sites (N-methyl/N-ethyl adjacent to an activating group) is 1. The van der Waals surface area contributed by atoms with Crippen LogP contribution in [0.25, 0.3) is 10.8 Å². The van der Waals surface area contributed by atoms with Crippen LogP contribution in [0, 0.1) is 0 Å². The topological polar surface area (TPSA) is 128 Å². The first-order valence-electron chi connectivity index (χ1n) is 10.9. The minimum atomic E-state index is -0.451. The highest BCUT2D eigenvalue weighted by Crippen LogP contribution is 2.29. The highest BCUT2D eigenvalue weighted by Gasteiger charge is 2.19. The number of methoxy groups -OCH3 is 1. The second-order valence-corrected chi connectivity index (χ2v) is 9.19. The van der Waals surface area contributed by atoms with Gasteiger partial charge in [-0.3, -0.25) is 4.90 Å². The van der Waals surface area contributed by atoms with Crippen LogP contribution < -0.4 is 10.1 Å². The molecule has 4 N–H and O–H groups in total. The van der Waals surface area contributed by atoms with E-state index in [1.54, 1.807) is 25.3 Å². The van der Waals surface area contributed by atoms with Crippen molar-refractivity contribution in [1.29, 1.82) is 0 Å². The van der Waals surface area contributed by atoms with Crippen molar-refractivity contribution in [1.82, 2.24) is 20.1 Å². The van der Waals surface area contributed by atoms with Crippen LogP contribution in [0.2, 0.25) is 0 Å². The fourth-order valence-corrected chi connectivity index (χ4v) is 3.48. The molecule has 34 heavy (non-hydrogen) atoms. The smallest absolute Gasteiger partial charge is 0.410 e. The Morgan fingerprint density at radius 1 is 1.24 bits per heavy atom. The molecule has 1 aliphatic heterocycles. The molecule has 192 valence electrons. The number of rotatable bonds is 7. The first-order chi connectivity index (χ1) is 15.7. The number of pyridine rings is 1. The van der Waals surface area contributed by atoms with E-state index in [9.17, 15) is 4.79 Å².